The number of nitrogens with zero attached hydrogens (tertiary/aromatic N) is 3. The molecule has 23 heavy (non-hydrogen) atoms. The summed E-state index contributed by atoms with van der Waals surface area (Å²) in [5.74, 6) is 1.83. The van der Waals surface area contributed by atoms with Crippen molar-refractivity contribution < 1.29 is 13.7 Å². The second-order valence-electron chi connectivity index (χ2n) is 6.20. The van der Waals surface area contributed by atoms with Gasteiger partial charge in [-0.1, -0.05) is 19.0 Å². The number of carbonyl (C=O) groups is 1. The summed E-state index contributed by atoms with van der Waals surface area (Å²) in [5.41, 5.74) is 0. The van der Waals surface area contributed by atoms with E-state index in [-0.39, 0.29) is 17.9 Å². The predicted molar refractivity (Wildman–Crippen MR) is 83.3 cm³/mol. The molecule has 0 atom stereocenters. The van der Waals surface area contributed by atoms with Crippen LogP contribution in [0.3, 0.4) is 0 Å². The van der Waals surface area contributed by atoms with Crippen LogP contribution in [-0.2, 0) is 11.3 Å². The molecule has 1 aliphatic rings. The Kier molecular flexibility index (Phi) is 4.76. The Hall–Kier alpha value is -2.15. The zero-order valence-corrected chi connectivity index (χ0v) is 13.5. The lowest BCUT2D eigenvalue weighted by Crippen LogP contribution is -2.45. The number of rotatable bonds is 5. The SMILES string of the molecule is CC(C)C(=O)NC1CCN(Cc2nc(-c3ccco3)no2)CC1. The number of likely N-dealkylation sites (tertiary alicyclic amines) is 1. The van der Waals surface area contributed by atoms with Gasteiger partial charge >= 0.3 is 0 Å². The molecule has 0 saturated carbocycles. The summed E-state index contributed by atoms with van der Waals surface area (Å²) >= 11 is 0. The molecular weight excluding hydrogens is 296 g/mol. The molecule has 1 aliphatic heterocycles. The van der Waals surface area contributed by atoms with Crippen molar-refractivity contribution in [3.63, 3.8) is 0 Å². The number of furan rings is 1. The maximum Gasteiger partial charge on any atom is 0.241 e. The second-order valence-corrected chi connectivity index (χ2v) is 6.20. The molecule has 7 heteroatoms. The fourth-order valence-corrected chi connectivity index (χ4v) is 2.62. The quantitative estimate of drug-likeness (QED) is 0.908. The van der Waals surface area contributed by atoms with E-state index < -0.39 is 0 Å². The second kappa shape index (κ2) is 6.95. The van der Waals surface area contributed by atoms with Crippen molar-refractivity contribution in [2.24, 2.45) is 5.92 Å². The zero-order valence-electron chi connectivity index (χ0n) is 13.5. The summed E-state index contributed by atoms with van der Waals surface area (Å²) in [6, 6.07) is 3.86. The number of hydrogen-bond acceptors (Lipinski definition) is 6. The van der Waals surface area contributed by atoms with Gasteiger partial charge in [0.05, 0.1) is 12.8 Å². The molecule has 1 N–H and O–H groups in total. The molecule has 3 rings (SSSR count). The minimum atomic E-state index is 0.0337. The Morgan fingerprint density at radius 2 is 2.22 bits per heavy atom. The molecule has 7 nitrogen and oxygen atoms in total. The van der Waals surface area contributed by atoms with Crippen LogP contribution in [-0.4, -0.2) is 40.1 Å². The van der Waals surface area contributed by atoms with Gasteiger partial charge in [0, 0.05) is 25.0 Å². The third kappa shape index (κ3) is 3.98. The summed E-state index contributed by atoms with van der Waals surface area (Å²) < 4.78 is 10.5. The van der Waals surface area contributed by atoms with Crippen molar-refractivity contribution in [3.05, 3.63) is 24.3 Å². The zero-order chi connectivity index (χ0) is 16.2. The molecule has 1 saturated heterocycles. The fraction of sp³-hybridized carbons (Fsp3) is 0.562. The van der Waals surface area contributed by atoms with Crippen LogP contribution in [0.5, 0.6) is 0 Å². The smallest absolute Gasteiger partial charge is 0.241 e. The van der Waals surface area contributed by atoms with Crippen molar-refractivity contribution in [1.82, 2.24) is 20.4 Å². The highest BCUT2D eigenvalue weighted by molar-refractivity contribution is 5.78. The highest BCUT2D eigenvalue weighted by atomic mass is 16.5. The van der Waals surface area contributed by atoms with Gasteiger partial charge in [-0.3, -0.25) is 9.69 Å². The molecule has 2 aromatic heterocycles. The van der Waals surface area contributed by atoms with Crippen LogP contribution in [0.4, 0.5) is 0 Å². The first kappa shape index (κ1) is 15.7. The Labute approximate surface area is 135 Å². The van der Waals surface area contributed by atoms with Crippen molar-refractivity contribution in [2.45, 2.75) is 39.3 Å². The third-order valence-electron chi connectivity index (χ3n) is 4.03. The molecule has 1 fully saturated rings. The summed E-state index contributed by atoms with van der Waals surface area (Å²) in [5, 5.41) is 7.03. The highest BCUT2D eigenvalue weighted by Gasteiger charge is 2.23. The lowest BCUT2D eigenvalue weighted by Gasteiger charge is -2.31. The molecular formula is C16H22N4O3. The monoisotopic (exact) mass is 318 g/mol. The van der Waals surface area contributed by atoms with E-state index in [9.17, 15) is 4.79 Å². The molecule has 0 unspecified atom stereocenters. The normalized spacial score (nSPS) is 16.8. The van der Waals surface area contributed by atoms with Gasteiger partial charge < -0.3 is 14.3 Å². The van der Waals surface area contributed by atoms with Crippen LogP contribution < -0.4 is 5.32 Å². The van der Waals surface area contributed by atoms with E-state index >= 15 is 0 Å². The maximum atomic E-state index is 11.7. The van der Waals surface area contributed by atoms with Gasteiger partial charge in [-0.15, -0.1) is 0 Å². The van der Waals surface area contributed by atoms with E-state index in [1.165, 1.54) is 0 Å². The Bertz CT molecular complexity index is 628. The van der Waals surface area contributed by atoms with E-state index in [0.717, 1.165) is 25.9 Å². The van der Waals surface area contributed by atoms with Gasteiger partial charge in [-0.2, -0.15) is 4.98 Å². The number of aromatic nitrogens is 2. The topological polar surface area (TPSA) is 84.4 Å². The first-order chi connectivity index (χ1) is 11.1. The van der Waals surface area contributed by atoms with Crippen LogP contribution in [0.2, 0.25) is 0 Å². The Balaban J connectivity index is 1.48. The van der Waals surface area contributed by atoms with Gasteiger partial charge in [0.15, 0.2) is 5.76 Å². The molecule has 0 bridgehead atoms. The molecule has 2 aromatic rings. The molecule has 0 aliphatic carbocycles. The number of carbonyl (C=O) groups excluding carboxylic acids is 1. The van der Waals surface area contributed by atoms with E-state index in [4.69, 9.17) is 8.94 Å². The summed E-state index contributed by atoms with van der Waals surface area (Å²) in [7, 11) is 0. The third-order valence-corrected chi connectivity index (χ3v) is 4.03. The van der Waals surface area contributed by atoms with Crippen LogP contribution in [0, 0.1) is 5.92 Å². The molecule has 1 amide bonds. The number of nitrogens with one attached hydrogen (secondary N) is 1. The van der Waals surface area contributed by atoms with Crippen molar-refractivity contribution in [2.75, 3.05) is 13.1 Å². The van der Waals surface area contributed by atoms with Crippen LogP contribution in [0.25, 0.3) is 11.6 Å². The van der Waals surface area contributed by atoms with E-state index in [2.05, 4.69) is 20.4 Å². The number of amides is 1. The van der Waals surface area contributed by atoms with Crippen LogP contribution >= 0.6 is 0 Å². The van der Waals surface area contributed by atoms with Gasteiger partial charge in [0.2, 0.25) is 17.6 Å². The van der Waals surface area contributed by atoms with Gasteiger partial charge in [0.25, 0.3) is 0 Å². The van der Waals surface area contributed by atoms with Crippen LogP contribution in [0.15, 0.2) is 27.3 Å². The fourth-order valence-electron chi connectivity index (χ4n) is 2.62. The lowest BCUT2D eigenvalue weighted by molar-refractivity contribution is -0.125. The minimum absolute atomic E-state index is 0.0337. The average molecular weight is 318 g/mol. The summed E-state index contributed by atoms with van der Waals surface area (Å²) in [6.45, 7) is 6.26. The van der Waals surface area contributed by atoms with Gasteiger partial charge in [-0.05, 0) is 25.0 Å². The van der Waals surface area contributed by atoms with E-state index in [1.807, 2.05) is 13.8 Å². The molecule has 0 spiro atoms. The van der Waals surface area contributed by atoms with Gasteiger partial charge in [0.1, 0.15) is 0 Å². The van der Waals surface area contributed by atoms with Crippen molar-refractivity contribution in [3.8, 4) is 11.6 Å². The Morgan fingerprint density at radius 1 is 1.43 bits per heavy atom. The molecule has 0 aromatic carbocycles. The molecule has 0 radical (unpaired) electrons. The summed E-state index contributed by atoms with van der Waals surface area (Å²) in [6.07, 6.45) is 3.47. The van der Waals surface area contributed by atoms with Crippen molar-refractivity contribution in [1.29, 1.82) is 0 Å². The average Bonchev–Trinajstić information content (AvgIpc) is 3.20. The molecule has 3 heterocycles. The number of hydrogen-bond donors (Lipinski definition) is 1. The minimum Gasteiger partial charge on any atom is -0.461 e. The first-order valence-corrected chi connectivity index (χ1v) is 8.01. The molecule has 124 valence electrons. The van der Waals surface area contributed by atoms with E-state index in [1.54, 1.807) is 18.4 Å². The van der Waals surface area contributed by atoms with Crippen molar-refractivity contribution >= 4 is 5.91 Å². The highest BCUT2D eigenvalue weighted by Crippen LogP contribution is 2.18. The predicted octanol–water partition coefficient (Wildman–Crippen LogP) is 2.07. The van der Waals surface area contributed by atoms with E-state index in [0.29, 0.717) is 24.0 Å². The van der Waals surface area contributed by atoms with Gasteiger partial charge in [-0.25, -0.2) is 0 Å². The van der Waals surface area contributed by atoms with Crippen LogP contribution in [0.1, 0.15) is 32.6 Å². The lowest BCUT2D eigenvalue weighted by atomic mass is 10.0. The number of piperidine rings is 1. The standard InChI is InChI=1S/C16H22N4O3/c1-11(2)16(21)17-12-5-7-20(8-6-12)10-14-18-15(19-23-14)13-4-3-9-22-13/h3-4,9,11-12H,5-8,10H2,1-2H3,(H,17,21). The largest absolute Gasteiger partial charge is 0.461 e. The Morgan fingerprint density at radius 3 is 2.87 bits per heavy atom. The first-order valence-electron chi connectivity index (χ1n) is 8.01. The summed E-state index contributed by atoms with van der Waals surface area (Å²) in [4.78, 5) is 18.3. The maximum absolute atomic E-state index is 11.7.